The van der Waals surface area contributed by atoms with Crippen molar-refractivity contribution < 1.29 is 5.21 Å². The molecular formula is C6H14N2O. The van der Waals surface area contributed by atoms with E-state index in [4.69, 9.17) is 5.21 Å². The summed E-state index contributed by atoms with van der Waals surface area (Å²) in [4.78, 5) is 2.05. The maximum Gasteiger partial charge on any atom is 0.0552 e. The largest absolute Gasteiger partial charge is 0.411 e. The minimum Gasteiger partial charge on any atom is -0.411 e. The van der Waals surface area contributed by atoms with Crippen molar-refractivity contribution in [3.63, 3.8) is 0 Å². The molecule has 0 aliphatic heterocycles. The molecular weight excluding hydrogens is 116 g/mol. The fourth-order valence-corrected chi connectivity index (χ4v) is 0.435. The molecule has 0 radical (unpaired) electrons. The van der Waals surface area contributed by atoms with E-state index >= 15 is 0 Å². The molecule has 0 bridgehead atoms. The summed E-state index contributed by atoms with van der Waals surface area (Å²) < 4.78 is 0. The van der Waals surface area contributed by atoms with Crippen LogP contribution in [0.2, 0.25) is 0 Å². The van der Waals surface area contributed by atoms with Gasteiger partial charge in [0, 0.05) is 13.0 Å². The molecule has 0 unspecified atom stereocenters. The van der Waals surface area contributed by atoms with Gasteiger partial charge in [-0.2, -0.15) is 0 Å². The van der Waals surface area contributed by atoms with E-state index < -0.39 is 0 Å². The van der Waals surface area contributed by atoms with Crippen LogP contribution in [-0.2, 0) is 0 Å². The molecule has 0 amide bonds. The van der Waals surface area contributed by atoms with Gasteiger partial charge in [-0.1, -0.05) is 5.16 Å². The molecule has 0 saturated carbocycles. The average molecular weight is 130 g/mol. The highest BCUT2D eigenvalue weighted by molar-refractivity contribution is 5.81. The van der Waals surface area contributed by atoms with Crippen LogP contribution in [0.15, 0.2) is 5.16 Å². The molecule has 0 aromatic heterocycles. The summed E-state index contributed by atoms with van der Waals surface area (Å²) in [5.41, 5.74) is 0.781. The van der Waals surface area contributed by atoms with Crippen molar-refractivity contribution in [2.45, 2.75) is 13.3 Å². The third-order valence-corrected chi connectivity index (χ3v) is 1.09. The van der Waals surface area contributed by atoms with Crippen LogP contribution in [0, 0.1) is 0 Å². The minimum atomic E-state index is 0.781. The van der Waals surface area contributed by atoms with E-state index in [2.05, 4.69) is 10.1 Å². The van der Waals surface area contributed by atoms with Crippen LogP contribution < -0.4 is 0 Å². The lowest BCUT2D eigenvalue weighted by Gasteiger charge is -2.06. The molecule has 9 heavy (non-hydrogen) atoms. The number of rotatable bonds is 3. The Morgan fingerprint density at radius 3 is 2.44 bits per heavy atom. The number of hydrogen-bond donors (Lipinski definition) is 1. The molecule has 1 N–H and O–H groups in total. The number of oxime groups is 1. The van der Waals surface area contributed by atoms with Crippen molar-refractivity contribution >= 4 is 5.71 Å². The van der Waals surface area contributed by atoms with Crippen LogP contribution in [0.5, 0.6) is 0 Å². The molecule has 0 aliphatic rings. The Kier molecular flexibility index (Phi) is 4.05. The van der Waals surface area contributed by atoms with Crippen LogP contribution in [0.3, 0.4) is 0 Å². The first-order valence-corrected chi connectivity index (χ1v) is 2.99. The van der Waals surface area contributed by atoms with Crippen molar-refractivity contribution in [3.05, 3.63) is 0 Å². The van der Waals surface area contributed by atoms with Gasteiger partial charge in [0.15, 0.2) is 0 Å². The van der Waals surface area contributed by atoms with E-state index in [0.717, 1.165) is 18.7 Å². The SMILES string of the molecule is C/C(CCN(C)C)=N\O. The molecule has 0 heterocycles. The predicted octanol–water partition coefficient (Wildman–Crippen LogP) is 0.788. The highest BCUT2D eigenvalue weighted by atomic mass is 16.4. The molecule has 0 aliphatic carbocycles. The van der Waals surface area contributed by atoms with E-state index in [9.17, 15) is 0 Å². The molecule has 0 atom stereocenters. The molecule has 0 aromatic carbocycles. The monoisotopic (exact) mass is 130 g/mol. The molecule has 3 nitrogen and oxygen atoms in total. The Hall–Kier alpha value is -0.570. The quantitative estimate of drug-likeness (QED) is 0.348. The second-order valence-corrected chi connectivity index (χ2v) is 2.39. The Morgan fingerprint density at radius 1 is 1.56 bits per heavy atom. The first-order chi connectivity index (χ1) is 4.16. The van der Waals surface area contributed by atoms with Gasteiger partial charge in [0.05, 0.1) is 5.71 Å². The Balaban J connectivity index is 3.28. The molecule has 0 rings (SSSR count). The highest BCUT2D eigenvalue weighted by Crippen LogP contribution is 1.86. The summed E-state index contributed by atoms with van der Waals surface area (Å²) in [5, 5.41) is 11.3. The maximum atomic E-state index is 8.22. The van der Waals surface area contributed by atoms with Crippen molar-refractivity contribution in [2.75, 3.05) is 20.6 Å². The van der Waals surface area contributed by atoms with Gasteiger partial charge in [-0.3, -0.25) is 0 Å². The zero-order chi connectivity index (χ0) is 7.28. The van der Waals surface area contributed by atoms with Gasteiger partial charge in [-0.25, -0.2) is 0 Å². The lowest BCUT2D eigenvalue weighted by Crippen LogP contribution is -2.15. The van der Waals surface area contributed by atoms with Crippen LogP contribution >= 0.6 is 0 Å². The van der Waals surface area contributed by atoms with Gasteiger partial charge in [0.1, 0.15) is 0 Å². The molecule has 0 fully saturated rings. The Labute approximate surface area is 56.0 Å². The van der Waals surface area contributed by atoms with Gasteiger partial charge >= 0.3 is 0 Å². The molecule has 54 valence electrons. The van der Waals surface area contributed by atoms with Gasteiger partial charge in [-0.15, -0.1) is 0 Å². The Morgan fingerprint density at radius 2 is 2.11 bits per heavy atom. The lowest BCUT2D eigenvalue weighted by molar-refractivity contribution is 0.315. The zero-order valence-electron chi connectivity index (χ0n) is 6.26. The van der Waals surface area contributed by atoms with Crippen molar-refractivity contribution in [1.29, 1.82) is 0 Å². The van der Waals surface area contributed by atoms with E-state index in [-0.39, 0.29) is 0 Å². The molecule has 3 heteroatoms. The van der Waals surface area contributed by atoms with Gasteiger partial charge in [0.25, 0.3) is 0 Å². The lowest BCUT2D eigenvalue weighted by atomic mass is 10.3. The van der Waals surface area contributed by atoms with E-state index in [1.54, 1.807) is 0 Å². The predicted molar refractivity (Wildman–Crippen MR) is 38.1 cm³/mol. The highest BCUT2D eigenvalue weighted by Gasteiger charge is 1.92. The number of nitrogens with zero attached hydrogens (tertiary/aromatic N) is 2. The number of hydrogen-bond acceptors (Lipinski definition) is 3. The third-order valence-electron chi connectivity index (χ3n) is 1.09. The summed E-state index contributed by atoms with van der Waals surface area (Å²) in [6.45, 7) is 2.75. The van der Waals surface area contributed by atoms with Gasteiger partial charge in [-0.05, 0) is 21.0 Å². The van der Waals surface area contributed by atoms with Crippen LogP contribution in [0.1, 0.15) is 13.3 Å². The summed E-state index contributed by atoms with van der Waals surface area (Å²) in [5.74, 6) is 0. The fraction of sp³-hybridized carbons (Fsp3) is 0.833. The van der Waals surface area contributed by atoms with Crippen molar-refractivity contribution in [2.24, 2.45) is 5.16 Å². The Bertz CT molecular complexity index is 99.2. The normalized spacial score (nSPS) is 12.7. The van der Waals surface area contributed by atoms with Crippen LogP contribution in [0.25, 0.3) is 0 Å². The van der Waals surface area contributed by atoms with Crippen LogP contribution in [-0.4, -0.2) is 36.5 Å². The molecule has 0 saturated heterocycles. The van der Waals surface area contributed by atoms with Crippen molar-refractivity contribution in [1.82, 2.24) is 4.90 Å². The third kappa shape index (κ3) is 5.30. The standard InChI is InChI=1S/C6H14N2O/c1-6(7-9)4-5-8(2)3/h9H,4-5H2,1-3H3/b7-6+. The summed E-state index contributed by atoms with van der Waals surface area (Å²) in [6.07, 6.45) is 0.837. The summed E-state index contributed by atoms with van der Waals surface area (Å²) in [7, 11) is 3.98. The van der Waals surface area contributed by atoms with Crippen molar-refractivity contribution in [3.8, 4) is 0 Å². The first kappa shape index (κ1) is 8.43. The van der Waals surface area contributed by atoms with E-state index in [0.29, 0.717) is 0 Å². The fourth-order valence-electron chi connectivity index (χ4n) is 0.435. The topological polar surface area (TPSA) is 35.8 Å². The van der Waals surface area contributed by atoms with Gasteiger partial charge in [0.2, 0.25) is 0 Å². The molecule has 0 spiro atoms. The smallest absolute Gasteiger partial charge is 0.0552 e. The first-order valence-electron chi connectivity index (χ1n) is 2.99. The van der Waals surface area contributed by atoms with E-state index in [1.165, 1.54) is 0 Å². The minimum absolute atomic E-state index is 0.781. The summed E-state index contributed by atoms with van der Waals surface area (Å²) in [6, 6.07) is 0. The van der Waals surface area contributed by atoms with Crippen LogP contribution in [0.4, 0.5) is 0 Å². The molecule has 0 aromatic rings. The zero-order valence-corrected chi connectivity index (χ0v) is 6.26. The van der Waals surface area contributed by atoms with E-state index in [1.807, 2.05) is 21.0 Å². The second kappa shape index (κ2) is 4.32. The second-order valence-electron chi connectivity index (χ2n) is 2.39. The summed E-state index contributed by atoms with van der Waals surface area (Å²) >= 11 is 0. The van der Waals surface area contributed by atoms with Gasteiger partial charge < -0.3 is 10.1 Å². The maximum absolute atomic E-state index is 8.22. The average Bonchev–Trinajstić information content (AvgIpc) is 1.83.